The summed E-state index contributed by atoms with van der Waals surface area (Å²) in [7, 11) is -1.72. The van der Waals surface area contributed by atoms with Crippen molar-refractivity contribution in [3.63, 3.8) is 0 Å². The molecule has 116 valence electrons. The molecule has 0 spiro atoms. The molecule has 5 nitrogen and oxygen atoms in total. The minimum Gasteiger partial charge on any atom is -0.415 e. The Morgan fingerprint density at radius 2 is 2.00 bits per heavy atom. The van der Waals surface area contributed by atoms with Crippen molar-refractivity contribution >= 4 is 36.9 Å². The fraction of sp³-hybridized carbons (Fsp3) is 0.571. The summed E-state index contributed by atoms with van der Waals surface area (Å²) in [6, 6.07) is 1.91. The monoisotopic (exact) mass is 326 g/mol. The lowest BCUT2D eigenvalue weighted by molar-refractivity contribution is 0.273. The van der Waals surface area contributed by atoms with Crippen LogP contribution < -0.4 is 5.73 Å². The van der Waals surface area contributed by atoms with Gasteiger partial charge in [-0.15, -0.1) is 0 Å². The Morgan fingerprint density at radius 1 is 1.33 bits per heavy atom. The molecule has 0 bridgehead atoms. The summed E-state index contributed by atoms with van der Waals surface area (Å²) in [5.41, 5.74) is 6.42. The molecule has 0 aliphatic heterocycles. The second-order valence-corrected chi connectivity index (χ2v) is 11.9. The van der Waals surface area contributed by atoms with E-state index in [1.54, 1.807) is 0 Å². The Bertz CT molecular complexity index is 648. The highest BCUT2D eigenvalue weighted by molar-refractivity contribution is 6.74. The predicted molar refractivity (Wildman–Crippen MR) is 90.1 cm³/mol. The van der Waals surface area contributed by atoms with Crippen molar-refractivity contribution in [2.45, 2.75) is 45.4 Å². The van der Waals surface area contributed by atoms with Gasteiger partial charge in [0, 0.05) is 12.7 Å². The molecule has 7 heteroatoms. The van der Waals surface area contributed by atoms with Gasteiger partial charge in [0.25, 0.3) is 0 Å². The molecule has 0 saturated carbocycles. The molecule has 0 unspecified atom stereocenters. The molecule has 0 aliphatic rings. The fourth-order valence-corrected chi connectivity index (χ4v) is 3.11. The van der Waals surface area contributed by atoms with Crippen LogP contribution in [0.4, 0.5) is 5.95 Å². The number of anilines is 1. The quantitative estimate of drug-likeness (QED) is 0.687. The second kappa shape index (κ2) is 5.59. The molecule has 2 heterocycles. The summed E-state index contributed by atoms with van der Waals surface area (Å²) in [5, 5.41) is 1.42. The first-order valence-electron chi connectivity index (χ1n) is 7.03. The topological polar surface area (TPSA) is 66.0 Å². The standard InChI is InChI=1S/C14H23ClN4OSi/c1-14(2,3)21(4,5)20-9-8-19-7-6-10-11(15)17-13(16)18-12(10)19/h6-7H,8-9H2,1-5H3,(H2,16,17,18). The highest BCUT2D eigenvalue weighted by Gasteiger charge is 2.36. The molecule has 0 radical (unpaired) electrons. The maximum Gasteiger partial charge on any atom is 0.223 e. The number of nitrogen functional groups attached to an aromatic ring is 1. The zero-order chi connectivity index (χ0) is 15.8. The van der Waals surface area contributed by atoms with E-state index in [-0.39, 0.29) is 11.0 Å². The van der Waals surface area contributed by atoms with Gasteiger partial charge in [0.2, 0.25) is 5.95 Å². The summed E-state index contributed by atoms with van der Waals surface area (Å²) in [5.74, 6) is 0.192. The first-order chi connectivity index (χ1) is 9.62. The van der Waals surface area contributed by atoms with E-state index in [0.717, 1.165) is 17.6 Å². The number of rotatable bonds is 4. The predicted octanol–water partition coefficient (Wildman–Crippen LogP) is 3.69. The molecule has 0 amide bonds. The van der Waals surface area contributed by atoms with Gasteiger partial charge < -0.3 is 14.7 Å². The molecular weight excluding hydrogens is 304 g/mol. The molecule has 0 aromatic carbocycles. The number of hydrogen-bond acceptors (Lipinski definition) is 4. The molecule has 0 aliphatic carbocycles. The van der Waals surface area contributed by atoms with Crippen LogP contribution in [0.2, 0.25) is 23.3 Å². The largest absolute Gasteiger partial charge is 0.415 e. The van der Waals surface area contributed by atoms with Crippen LogP contribution >= 0.6 is 11.6 Å². The van der Waals surface area contributed by atoms with Crippen molar-refractivity contribution in [3.05, 3.63) is 17.4 Å². The van der Waals surface area contributed by atoms with Crippen molar-refractivity contribution < 1.29 is 4.43 Å². The van der Waals surface area contributed by atoms with Gasteiger partial charge in [-0.05, 0) is 24.2 Å². The summed E-state index contributed by atoms with van der Waals surface area (Å²) >= 11 is 6.07. The number of nitrogens with two attached hydrogens (primary N) is 1. The van der Waals surface area contributed by atoms with Gasteiger partial charge in [-0.1, -0.05) is 32.4 Å². The lowest BCUT2D eigenvalue weighted by Gasteiger charge is -2.36. The number of hydrogen-bond donors (Lipinski definition) is 1. The van der Waals surface area contributed by atoms with E-state index in [1.807, 2.05) is 16.8 Å². The van der Waals surface area contributed by atoms with E-state index in [4.69, 9.17) is 21.8 Å². The van der Waals surface area contributed by atoms with Gasteiger partial charge in [0.05, 0.1) is 12.0 Å². The van der Waals surface area contributed by atoms with Crippen LogP contribution in [0.15, 0.2) is 12.3 Å². The number of fused-ring (bicyclic) bond motifs is 1. The van der Waals surface area contributed by atoms with Crippen LogP contribution in [0.3, 0.4) is 0 Å². The van der Waals surface area contributed by atoms with Crippen molar-refractivity contribution in [3.8, 4) is 0 Å². The lowest BCUT2D eigenvalue weighted by atomic mass is 10.2. The van der Waals surface area contributed by atoms with Gasteiger partial charge in [-0.2, -0.15) is 4.98 Å². The Morgan fingerprint density at radius 3 is 2.62 bits per heavy atom. The lowest BCUT2D eigenvalue weighted by Crippen LogP contribution is -2.41. The van der Waals surface area contributed by atoms with Crippen molar-refractivity contribution in [2.75, 3.05) is 12.3 Å². The number of nitrogens with zero attached hydrogens (tertiary/aromatic N) is 3. The highest BCUT2D eigenvalue weighted by atomic mass is 35.5. The first kappa shape index (κ1) is 16.3. The average Bonchev–Trinajstić information content (AvgIpc) is 2.71. The molecule has 2 aromatic rings. The van der Waals surface area contributed by atoms with Gasteiger partial charge in [-0.25, -0.2) is 4.98 Å². The fourth-order valence-electron chi connectivity index (χ4n) is 1.84. The van der Waals surface area contributed by atoms with Crippen molar-refractivity contribution in [2.24, 2.45) is 0 Å². The van der Waals surface area contributed by atoms with Gasteiger partial charge in [-0.3, -0.25) is 0 Å². The number of halogens is 1. The van der Waals surface area contributed by atoms with Crippen LogP contribution in [-0.4, -0.2) is 29.5 Å². The third-order valence-corrected chi connectivity index (χ3v) is 9.02. The molecular formula is C14H23ClN4OSi. The van der Waals surface area contributed by atoms with Crippen LogP contribution in [0, 0.1) is 0 Å². The minimum absolute atomic E-state index is 0.192. The van der Waals surface area contributed by atoms with E-state index in [1.165, 1.54) is 0 Å². The Hall–Kier alpha value is -1.11. The van der Waals surface area contributed by atoms with Crippen molar-refractivity contribution in [1.82, 2.24) is 14.5 Å². The zero-order valence-corrected chi connectivity index (χ0v) is 15.0. The molecule has 21 heavy (non-hydrogen) atoms. The van der Waals surface area contributed by atoms with Crippen LogP contribution in [-0.2, 0) is 11.0 Å². The van der Waals surface area contributed by atoms with Gasteiger partial charge in [0.1, 0.15) is 10.8 Å². The maximum absolute atomic E-state index is 6.19. The van der Waals surface area contributed by atoms with E-state index in [2.05, 4.69) is 43.8 Å². The summed E-state index contributed by atoms with van der Waals surface area (Å²) in [6.45, 7) is 12.6. The van der Waals surface area contributed by atoms with Crippen molar-refractivity contribution in [1.29, 1.82) is 0 Å². The Kier molecular flexibility index (Phi) is 4.33. The van der Waals surface area contributed by atoms with E-state index >= 15 is 0 Å². The van der Waals surface area contributed by atoms with Crippen LogP contribution in [0.5, 0.6) is 0 Å². The van der Waals surface area contributed by atoms with Gasteiger partial charge in [0.15, 0.2) is 8.32 Å². The second-order valence-electron chi connectivity index (χ2n) is 6.73. The van der Waals surface area contributed by atoms with E-state index < -0.39 is 8.32 Å². The third-order valence-electron chi connectivity index (χ3n) is 4.19. The maximum atomic E-state index is 6.19. The first-order valence-corrected chi connectivity index (χ1v) is 10.3. The minimum atomic E-state index is -1.72. The van der Waals surface area contributed by atoms with Gasteiger partial charge >= 0.3 is 0 Å². The molecule has 0 saturated heterocycles. The SMILES string of the molecule is CC(C)(C)[Si](C)(C)OCCn1ccc2c(Cl)nc(N)nc21. The number of aromatic nitrogens is 3. The Balaban J connectivity index is 2.12. The third kappa shape index (κ3) is 3.39. The van der Waals surface area contributed by atoms with E-state index in [0.29, 0.717) is 11.8 Å². The van der Waals surface area contributed by atoms with E-state index in [9.17, 15) is 0 Å². The summed E-state index contributed by atoms with van der Waals surface area (Å²) in [6.07, 6.45) is 1.94. The molecule has 2 N–H and O–H groups in total. The van der Waals surface area contributed by atoms with Crippen LogP contribution in [0.1, 0.15) is 20.8 Å². The zero-order valence-electron chi connectivity index (χ0n) is 13.3. The molecule has 2 aromatic heterocycles. The highest BCUT2D eigenvalue weighted by Crippen LogP contribution is 2.36. The van der Waals surface area contributed by atoms with Crippen LogP contribution in [0.25, 0.3) is 11.0 Å². The normalized spacial score (nSPS) is 13.0. The average molecular weight is 327 g/mol. The molecule has 2 rings (SSSR count). The Labute approximate surface area is 131 Å². The molecule has 0 fully saturated rings. The summed E-state index contributed by atoms with van der Waals surface area (Å²) < 4.78 is 8.19. The smallest absolute Gasteiger partial charge is 0.223 e. The molecule has 0 atom stereocenters. The summed E-state index contributed by atoms with van der Waals surface area (Å²) in [4.78, 5) is 8.22.